The van der Waals surface area contributed by atoms with Crippen molar-refractivity contribution in [2.24, 2.45) is 5.92 Å². The molecule has 3 aromatic rings. The largest absolute Gasteiger partial charge is 0.497 e. The van der Waals surface area contributed by atoms with Gasteiger partial charge in [-0.15, -0.1) is 6.58 Å². The summed E-state index contributed by atoms with van der Waals surface area (Å²) in [6, 6.07) is 29.6. The van der Waals surface area contributed by atoms with Crippen LogP contribution < -0.4 is 15.1 Å². The van der Waals surface area contributed by atoms with Gasteiger partial charge in [-0.1, -0.05) is 107 Å². The molecule has 0 saturated carbocycles. The number of rotatable bonds is 12. The summed E-state index contributed by atoms with van der Waals surface area (Å²) in [4.78, 5) is 0. The Morgan fingerprint density at radius 2 is 1.40 bits per heavy atom. The molecule has 0 amide bonds. The van der Waals surface area contributed by atoms with Crippen molar-refractivity contribution in [2.45, 2.75) is 51.9 Å². The number of hydrogen-bond acceptors (Lipinski definition) is 3. The van der Waals surface area contributed by atoms with Crippen LogP contribution in [0.15, 0.2) is 97.6 Å². The van der Waals surface area contributed by atoms with Crippen LogP contribution in [0.5, 0.6) is 5.75 Å². The van der Waals surface area contributed by atoms with E-state index in [-0.39, 0.29) is 17.1 Å². The lowest BCUT2D eigenvalue weighted by atomic mass is 10.0. The number of methoxy groups -OCH3 is 1. The van der Waals surface area contributed by atoms with Crippen molar-refractivity contribution in [1.29, 1.82) is 0 Å². The van der Waals surface area contributed by atoms with Gasteiger partial charge >= 0.3 is 0 Å². The van der Waals surface area contributed by atoms with Gasteiger partial charge in [0.25, 0.3) is 8.32 Å². The van der Waals surface area contributed by atoms with Gasteiger partial charge in [0.05, 0.1) is 19.8 Å². The number of ether oxygens (including phenoxy) is 2. The second-order valence-corrected chi connectivity index (χ2v) is 14.4. The van der Waals surface area contributed by atoms with Crippen LogP contribution in [0.2, 0.25) is 5.04 Å². The molecule has 0 unspecified atom stereocenters. The van der Waals surface area contributed by atoms with E-state index >= 15 is 0 Å². The average Bonchev–Trinajstić information content (AvgIpc) is 2.88. The first-order valence-electron chi connectivity index (χ1n) is 12.4. The van der Waals surface area contributed by atoms with E-state index in [1.807, 2.05) is 30.3 Å². The highest BCUT2D eigenvalue weighted by molar-refractivity contribution is 6.99. The zero-order valence-corrected chi connectivity index (χ0v) is 22.9. The Morgan fingerprint density at radius 3 is 1.86 bits per heavy atom. The molecule has 0 aromatic heterocycles. The van der Waals surface area contributed by atoms with Crippen LogP contribution in [0.25, 0.3) is 0 Å². The second-order valence-electron chi connectivity index (χ2n) is 10.1. The van der Waals surface area contributed by atoms with Crippen LogP contribution in [0.1, 0.15) is 39.7 Å². The van der Waals surface area contributed by atoms with Gasteiger partial charge in [-0.25, -0.2) is 0 Å². The Kier molecular flexibility index (Phi) is 9.50. The summed E-state index contributed by atoms with van der Waals surface area (Å²) >= 11 is 0. The Hall–Kier alpha value is -2.66. The van der Waals surface area contributed by atoms with Crippen molar-refractivity contribution < 1.29 is 13.9 Å². The van der Waals surface area contributed by atoms with E-state index in [1.165, 1.54) is 10.4 Å². The molecule has 0 heterocycles. The maximum Gasteiger partial charge on any atom is 0.261 e. The first-order valence-corrected chi connectivity index (χ1v) is 14.3. The van der Waals surface area contributed by atoms with E-state index in [9.17, 15) is 0 Å². The van der Waals surface area contributed by atoms with E-state index < -0.39 is 8.32 Å². The summed E-state index contributed by atoms with van der Waals surface area (Å²) in [5.74, 6) is 1.07. The molecule has 3 aromatic carbocycles. The summed E-state index contributed by atoms with van der Waals surface area (Å²) in [7, 11) is -0.874. The maximum atomic E-state index is 7.08. The molecular formula is C31H40O3Si. The fraction of sp³-hybridized carbons (Fsp3) is 0.355. The molecule has 2 atom stereocenters. The first kappa shape index (κ1) is 26.9. The lowest BCUT2D eigenvalue weighted by molar-refractivity contribution is 0.00412. The highest BCUT2D eigenvalue weighted by atomic mass is 28.4. The fourth-order valence-electron chi connectivity index (χ4n) is 4.66. The third-order valence-corrected chi connectivity index (χ3v) is 11.8. The van der Waals surface area contributed by atoms with Crippen molar-refractivity contribution >= 4 is 18.7 Å². The van der Waals surface area contributed by atoms with Crippen molar-refractivity contribution in [3.63, 3.8) is 0 Å². The fourth-order valence-corrected chi connectivity index (χ4v) is 9.24. The molecule has 4 heteroatoms. The minimum atomic E-state index is -2.55. The van der Waals surface area contributed by atoms with Gasteiger partial charge in [-0.05, 0) is 39.5 Å². The lowest BCUT2D eigenvalue weighted by Gasteiger charge is -2.43. The van der Waals surface area contributed by atoms with Crippen molar-refractivity contribution in [1.82, 2.24) is 0 Å². The molecule has 0 aliphatic carbocycles. The molecule has 0 spiro atoms. The Bertz CT molecular complexity index is 987. The summed E-state index contributed by atoms with van der Waals surface area (Å²) < 4.78 is 18.7. The molecule has 0 saturated heterocycles. The maximum absolute atomic E-state index is 7.08. The van der Waals surface area contributed by atoms with Crippen molar-refractivity contribution in [3.05, 3.63) is 103 Å². The smallest absolute Gasteiger partial charge is 0.261 e. The van der Waals surface area contributed by atoms with E-state index in [0.717, 1.165) is 17.7 Å². The molecule has 186 valence electrons. The minimum absolute atomic E-state index is 0.0211. The molecule has 0 aliphatic heterocycles. The molecule has 0 N–H and O–H groups in total. The molecule has 0 fully saturated rings. The first-order chi connectivity index (χ1) is 16.8. The second kappa shape index (κ2) is 12.3. The van der Waals surface area contributed by atoms with Crippen molar-refractivity contribution in [3.8, 4) is 5.75 Å². The summed E-state index contributed by atoms with van der Waals surface area (Å²) in [6.07, 6.45) is 2.79. The van der Waals surface area contributed by atoms with Crippen molar-refractivity contribution in [2.75, 3.05) is 13.7 Å². The molecule has 3 rings (SSSR count). The van der Waals surface area contributed by atoms with Gasteiger partial charge in [0.1, 0.15) is 5.75 Å². The summed E-state index contributed by atoms with van der Waals surface area (Å²) in [5, 5.41) is 2.55. The average molecular weight is 489 g/mol. The molecule has 0 radical (unpaired) electrons. The SMILES string of the molecule is C=C[C@@H](C)[C@@H](CCO[Si](c1ccccc1)(c1ccccc1)C(C)(C)C)OCc1ccc(OC)cc1. The van der Waals surface area contributed by atoms with Crippen LogP contribution >= 0.6 is 0 Å². The van der Waals surface area contributed by atoms with Crippen LogP contribution in [0, 0.1) is 5.92 Å². The molecule has 0 aliphatic rings. The predicted octanol–water partition coefficient (Wildman–Crippen LogP) is 6.37. The topological polar surface area (TPSA) is 27.7 Å². The van der Waals surface area contributed by atoms with E-state index in [2.05, 4.69) is 94.9 Å². The Labute approximate surface area is 212 Å². The van der Waals surface area contributed by atoms with Gasteiger partial charge in [-0.3, -0.25) is 0 Å². The van der Waals surface area contributed by atoms with E-state index in [1.54, 1.807) is 7.11 Å². The molecular weight excluding hydrogens is 448 g/mol. The zero-order chi connectivity index (χ0) is 25.3. The summed E-state index contributed by atoms with van der Waals surface area (Å²) in [5.41, 5.74) is 1.12. The number of benzene rings is 3. The number of hydrogen-bond donors (Lipinski definition) is 0. The predicted molar refractivity (Wildman–Crippen MR) is 149 cm³/mol. The minimum Gasteiger partial charge on any atom is -0.497 e. The van der Waals surface area contributed by atoms with Crippen LogP contribution in [-0.4, -0.2) is 28.1 Å². The van der Waals surface area contributed by atoms with Crippen LogP contribution in [0.3, 0.4) is 0 Å². The quantitative estimate of drug-likeness (QED) is 0.219. The third-order valence-electron chi connectivity index (χ3n) is 6.72. The zero-order valence-electron chi connectivity index (χ0n) is 21.9. The van der Waals surface area contributed by atoms with Gasteiger partial charge in [0, 0.05) is 12.5 Å². The Balaban J connectivity index is 1.81. The normalized spacial score (nSPS) is 13.7. The van der Waals surface area contributed by atoms with E-state index in [0.29, 0.717) is 13.2 Å². The van der Waals surface area contributed by atoms with Crippen LogP contribution in [-0.2, 0) is 15.8 Å². The lowest BCUT2D eigenvalue weighted by Crippen LogP contribution is -2.66. The van der Waals surface area contributed by atoms with Gasteiger partial charge in [0.2, 0.25) is 0 Å². The highest BCUT2D eigenvalue weighted by Gasteiger charge is 2.50. The molecule has 0 bridgehead atoms. The molecule has 3 nitrogen and oxygen atoms in total. The highest BCUT2D eigenvalue weighted by Crippen LogP contribution is 2.37. The van der Waals surface area contributed by atoms with E-state index in [4.69, 9.17) is 13.9 Å². The standard InChI is InChI=1S/C31H40O3Si/c1-7-25(2)30(33-24-26-18-20-27(32-6)21-19-26)22-23-34-35(31(3,4)5,28-14-10-8-11-15-28)29-16-12-9-13-17-29/h7-21,25,30H,1,22-24H2,2-6H3/t25-,30-/m1/s1. The monoisotopic (exact) mass is 488 g/mol. The van der Waals surface area contributed by atoms with Crippen LogP contribution in [0.4, 0.5) is 0 Å². The third kappa shape index (κ3) is 6.52. The summed E-state index contributed by atoms with van der Waals surface area (Å²) in [6.45, 7) is 14.3. The van der Waals surface area contributed by atoms with Gasteiger partial charge in [-0.2, -0.15) is 0 Å². The van der Waals surface area contributed by atoms with Gasteiger partial charge in [0.15, 0.2) is 0 Å². The Morgan fingerprint density at radius 1 is 0.857 bits per heavy atom. The molecule has 35 heavy (non-hydrogen) atoms. The van der Waals surface area contributed by atoms with Gasteiger partial charge < -0.3 is 13.9 Å².